The highest BCUT2D eigenvalue weighted by molar-refractivity contribution is 6.27. The molecule has 1 aromatic carbocycles. The summed E-state index contributed by atoms with van der Waals surface area (Å²) in [4.78, 5) is 22.8. The van der Waals surface area contributed by atoms with Crippen LogP contribution in [-0.2, 0) is 16.0 Å². The lowest BCUT2D eigenvalue weighted by Gasteiger charge is -2.09. The number of Topliss-reactive ketones (excluding diaryl/α,β-unsaturated/α-hetero) is 1. The Labute approximate surface area is 99.4 Å². The van der Waals surface area contributed by atoms with Gasteiger partial charge in [-0.25, -0.2) is 4.79 Å². The second kappa shape index (κ2) is 5.66. The minimum Gasteiger partial charge on any atom is -0.465 e. The Bertz CT molecular complexity index is 413. The van der Waals surface area contributed by atoms with Gasteiger partial charge in [-0.2, -0.15) is 0 Å². The maximum atomic E-state index is 11.6. The molecule has 0 aliphatic heterocycles. The number of halogens is 1. The molecule has 0 atom stereocenters. The number of rotatable bonds is 4. The number of carbonyl (C=O) groups excluding carboxylic acids is 2. The van der Waals surface area contributed by atoms with Gasteiger partial charge in [-0.05, 0) is 18.1 Å². The number of carbonyl (C=O) groups is 2. The molecule has 0 aromatic heterocycles. The van der Waals surface area contributed by atoms with Crippen molar-refractivity contribution in [1.29, 1.82) is 0 Å². The number of alkyl halides is 1. The zero-order valence-corrected chi connectivity index (χ0v) is 10.0. The molecule has 1 aromatic rings. The van der Waals surface area contributed by atoms with Gasteiger partial charge in [0.2, 0.25) is 0 Å². The highest BCUT2D eigenvalue weighted by atomic mass is 35.5. The van der Waals surface area contributed by atoms with Crippen LogP contribution in [-0.4, -0.2) is 24.7 Å². The van der Waals surface area contributed by atoms with E-state index in [1.165, 1.54) is 7.11 Å². The van der Waals surface area contributed by atoms with Crippen LogP contribution >= 0.6 is 11.6 Å². The van der Waals surface area contributed by atoms with E-state index in [2.05, 4.69) is 4.74 Å². The number of methoxy groups -OCH3 is 1. The highest BCUT2D eigenvalue weighted by Gasteiger charge is 2.16. The highest BCUT2D eigenvalue weighted by Crippen LogP contribution is 2.16. The lowest BCUT2D eigenvalue weighted by molar-refractivity contribution is -0.116. The molecule has 0 aliphatic carbocycles. The van der Waals surface area contributed by atoms with Crippen LogP contribution in [0, 0.1) is 6.92 Å². The van der Waals surface area contributed by atoms with Crippen LogP contribution in [0.1, 0.15) is 21.5 Å². The van der Waals surface area contributed by atoms with Crippen molar-refractivity contribution in [3.05, 3.63) is 34.9 Å². The van der Waals surface area contributed by atoms with E-state index in [1.54, 1.807) is 25.1 Å². The van der Waals surface area contributed by atoms with Gasteiger partial charge in [0.05, 0.1) is 18.6 Å². The third kappa shape index (κ3) is 2.83. The first-order valence-electron chi connectivity index (χ1n) is 4.84. The van der Waals surface area contributed by atoms with E-state index in [-0.39, 0.29) is 18.1 Å². The first kappa shape index (κ1) is 12.7. The summed E-state index contributed by atoms with van der Waals surface area (Å²) in [6.07, 6.45) is 0.162. The summed E-state index contributed by atoms with van der Waals surface area (Å²) < 4.78 is 4.69. The third-order valence-electron chi connectivity index (χ3n) is 2.29. The van der Waals surface area contributed by atoms with E-state index in [9.17, 15) is 9.59 Å². The quantitative estimate of drug-likeness (QED) is 0.598. The molecule has 0 fully saturated rings. The lowest BCUT2D eigenvalue weighted by Crippen LogP contribution is -2.12. The molecule has 0 bridgehead atoms. The van der Waals surface area contributed by atoms with Crippen molar-refractivity contribution in [3.63, 3.8) is 0 Å². The molecular weight excluding hydrogens is 228 g/mol. The average molecular weight is 241 g/mol. The summed E-state index contributed by atoms with van der Waals surface area (Å²) in [5.41, 5.74) is 1.92. The molecule has 4 heteroatoms. The summed E-state index contributed by atoms with van der Waals surface area (Å²) in [5.74, 6) is -0.581. The first-order valence-corrected chi connectivity index (χ1v) is 5.38. The van der Waals surface area contributed by atoms with Crippen LogP contribution in [0.4, 0.5) is 0 Å². The Balaban J connectivity index is 3.12. The first-order chi connectivity index (χ1) is 7.60. The van der Waals surface area contributed by atoms with Gasteiger partial charge in [-0.3, -0.25) is 4.79 Å². The maximum Gasteiger partial charge on any atom is 0.338 e. The van der Waals surface area contributed by atoms with Crippen LogP contribution in [0.15, 0.2) is 18.2 Å². The third-order valence-corrected chi connectivity index (χ3v) is 2.58. The molecule has 0 heterocycles. The van der Waals surface area contributed by atoms with Crippen LogP contribution in [0.3, 0.4) is 0 Å². The van der Waals surface area contributed by atoms with Crippen molar-refractivity contribution < 1.29 is 14.3 Å². The average Bonchev–Trinajstić information content (AvgIpc) is 2.28. The minimum atomic E-state index is -0.421. The Morgan fingerprint density at radius 2 is 2.06 bits per heavy atom. The van der Waals surface area contributed by atoms with Gasteiger partial charge in [0.1, 0.15) is 0 Å². The molecule has 0 radical (unpaired) electrons. The number of ketones is 1. The topological polar surface area (TPSA) is 43.4 Å². The number of ether oxygens (including phenoxy) is 1. The van der Waals surface area contributed by atoms with Gasteiger partial charge in [-0.15, -0.1) is 11.6 Å². The summed E-state index contributed by atoms with van der Waals surface area (Å²) in [5, 5.41) is 0. The summed E-state index contributed by atoms with van der Waals surface area (Å²) >= 11 is 5.44. The standard InChI is InChI=1S/C12H13ClO3/c1-8-4-3-5-9(6-10(14)7-13)11(8)12(15)16-2/h3-5H,6-7H2,1-2H3. The molecule has 16 heavy (non-hydrogen) atoms. The van der Waals surface area contributed by atoms with Gasteiger partial charge in [0.25, 0.3) is 0 Å². The fraction of sp³-hybridized carbons (Fsp3) is 0.333. The Hall–Kier alpha value is -1.35. The molecule has 0 spiro atoms. The number of hydrogen-bond donors (Lipinski definition) is 0. The largest absolute Gasteiger partial charge is 0.465 e. The normalized spacial score (nSPS) is 9.94. The van der Waals surface area contributed by atoms with Gasteiger partial charge in [0.15, 0.2) is 5.78 Å². The molecule has 0 amide bonds. The number of aryl methyl sites for hydroxylation is 1. The van der Waals surface area contributed by atoms with Gasteiger partial charge in [-0.1, -0.05) is 18.2 Å². The molecule has 0 N–H and O–H groups in total. The van der Waals surface area contributed by atoms with E-state index in [0.717, 1.165) is 5.56 Å². The smallest absolute Gasteiger partial charge is 0.338 e. The van der Waals surface area contributed by atoms with Crippen molar-refractivity contribution in [2.45, 2.75) is 13.3 Å². The van der Waals surface area contributed by atoms with Gasteiger partial charge < -0.3 is 4.74 Å². The molecule has 86 valence electrons. The molecule has 3 nitrogen and oxygen atoms in total. The Morgan fingerprint density at radius 3 is 2.62 bits per heavy atom. The summed E-state index contributed by atoms with van der Waals surface area (Å²) in [6.45, 7) is 1.81. The fourth-order valence-corrected chi connectivity index (χ4v) is 1.62. The maximum absolute atomic E-state index is 11.6. The van der Waals surface area contributed by atoms with Crippen LogP contribution in [0.5, 0.6) is 0 Å². The van der Waals surface area contributed by atoms with Crippen molar-refractivity contribution in [3.8, 4) is 0 Å². The zero-order chi connectivity index (χ0) is 12.1. The number of esters is 1. The van der Waals surface area contributed by atoms with E-state index in [1.807, 2.05) is 0 Å². The SMILES string of the molecule is COC(=O)c1c(C)cccc1CC(=O)CCl. The Morgan fingerprint density at radius 1 is 1.38 bits per heavy atom. The molecule has 1 rings (SSSR count). The second-order valence-electron chi connectivity index (χ2n) is 3.45. The molecule has 0 unspecified atom stereocenters. The van der Waals surface area contributed by atoms with Crippen molar-refractivity contribution in [2.24, 2.45) is 0 Å². The minimum absolute atomic E-state index is 0.0471. The molecule has 0 saturated carbocycles. The van der Waals surface area contributed by atoms with Crippen molar-refractivity contribution in [2.75, 3.05) is 13.0 Å². The van der Waals surface area contributed by atoms with Crippen molar-refractivity contribution >= 4 is 23.4 Å². The molecule has 0 saturated heterocycles. The zero-order valence-electron chi connectivity index (χ0n) is 9.25. The van der Waals surface area contributed by atoms with Crippen LogP contribution in [0.25, 0.3) is 0 Å². The lowest BCUT2D eigenvalue weighted by atomic mass is 9.98. The number of benzene rings is 1. The fourth-order valence-electron chi connectivity index (χ4n) is 1.53. The van der Waals surface area contributed by atoms with E-state index >= 15 is 0 Å². The second-order valence-corrected chi connectivity index (χ2v) is 3.72. The van der Waals surface area contributed by atoms with Crippen LogP contribution < -0.4 is 0 Å². The van der Waals surface area contributed by atoms with E-state index in [0.29, 0.717) is 11.1 Å². The molecular formula is C12H13ClO3. The summed E-state index contributed by atoms with van der Waals surface area (Å²) in [7, 11) is 1.32. The van der Waals surface area contributed by atoms with E-state index < -0.39 is 5.97 Å². The number of hydrogen-bond acceptors (Lipinski definition) is 3. The van der Waals surface area contributed by atoms with Crippen LogP contribution in [0.2, 0.25) is 0 Å². The Kier molecular flexibility index (Phi) is 4.50. The monoisotopic (exact) mass is 240 g/mol. The predicted molar refractivity (Wildman–Crippen MR) is 61.9 cm³/mol. The predicted octanol–water partition coefficient (Wildman–Crippen LogP) is 2.13. The van der Waals surface area contributed by atoms with E-state index in [4.69, 9.17) is 11.6 Å². The van der Waals surface area contributed by atoms with Gasteiger partial charge in [0, 0.05) is 6.42 Å². The van der Waals surface area contributed by atoms with Crippen molar-refractivity contribution in [1.82, 2.24) is 0 Å². The van der Waals surface area contributed by atoms with Gasteiger partial charge >= 0.3 is 5.97 Å². The molecule has 0 aliphatic rings. The summed E-state index contributed by atoms with van der Waals surface area (Å²) in [6, 6.07) is 5.35.